The van der Waals surface area contributed by atoms with Crippen LogP contribution in [0.5, 0.6) is 0 Å². The summed E-state index contributed by atoms with van der Waals surface area (Å²) in [5.74, 6) is 0.618. The highest BCUT2D eigenvalue weighted by Gasteiger charge is 2.04. The molecule has 0 amide bonds. The number of aromatic nitrogens is 5. The Morgan fingerprint density at radius 1 is 1.56 bits per heavy atom. The smallest absolute Gasteiger partial charge is 0.244 e. The summed E-state index contributed by atoms with van der Waals surface area (Å²) in [6.07, 6.45) is 6.96. The molecule has 1 atom stereocenters. The number of hydrogen-bond acceptors (Lipinski definition) is 5. The van der Waals surface area contributed by atoms with Crippen LogP contribution >= 0.6 is 11.6 Å². The Morgan fingerprint density at radius 3 is 3.12 bits per heavy atom. The minimum Gasteiger partial charge on any atom is -0.364 e. The molecular formula is C9H11ClN6. The molecule has 0 saturated heterocycles. The van der Waals surface area contributed by atoms with E-state index in [9.17, 15) is 0 Å². The van der Waals surface area contributed by atoms with E-state index in [1.165, 1.54) is 6.20 Å². The molecule has 6 nitrogen and oxygen atoms in total. The van der Waals surface area contributed by atoms with Crippen molar-refractivity contribution < 1.29 is 0 Å². The van der Waals surface area contributed by atoms with Crippen molar-refractivity contribution >= 4 is 17.4 Å². The van der Waals surface area contributed by atoms with E-state index in [-0.39, 0.29) is 11.3 Å². The van der Waals surface area contributed by atoms with Crippen LogP contribution in [-0.2, 0) is 6.54 Å². The summed E-state index contributed by atoms with van der Waals surface area (Å²) in [6.45, 7) is 2.83. The Balaban J connectivity index is 1.94. The molecule has 0 aliphatic carbocycles. The molecule has 0 radical (unpaired) electrons. The summed E-state index contributed by atoms with van der Waals surface area (Å²) in [7, 11) is 0. The zero-order chi connectivity index (χ0) is 11.4. The highest BCUT2D eigenvalue weighted by molar-refractivity contribution is 6.28. The third-order valence-electron chi connectivity index (χ3n) is 1.97. The van der Waals surface area contributed by atoms with Gasteiger partial charge in [0.1, 0.15) is 5.82 Å². The SMILES string of the molecule is CC(Cn1ccnc1)Nc1cnnc(Cl)n1. The highest BCUT2D eigenvalue weighted by Crippen LogP contribution is 2.06. The summed E-state index contributed by atoms with van der Waals surface area (Å²) < 4.78 is 1.98. The summed E-state index contributed by atoms with van der Waals surface area (Å²) >= 11 is 5.63. The Morgan fingerprint density at radius 2 is 2.44 bits per heavy atom. The van der Waals surface area contributed by atoms with E-state index in [1.54, 1.807) is 12.5 Å². The van der Waals surface area contributed by atoms with Crippen LogP contribution in [0.1, 0.15) is 6.92 Å². The Hall–Kier alpha value is -1.69. The van der Waals surface area contributed by atoms with Crippen molar-refractivity contribution in [3.8, 4) is 0 Å². The van der Waals surface area contributed by atoms with E-state index < -0.39 is 0 Å². The van der Waals surface area contributed by atoms with E-state index >= 15 is 0 Å². The molecule has 0 saturated carbocycles. The maximum absolute atomic E-state index is 5.63. The number of imidazole rings is 1. The van der Waals surface area contributed by atoms with Crippen molar-refractivity contribution in [1.29, 1.82) is 0 Å². The first-order valence-corrected chi connectivity index (χ1v) is 5.19. The molecular weight excluding hydrogens is 228 g/mol. The third kappa shape index (κ3) is 2.90. The second-order valence-electron chi connectivity index (χ2n) is 3.42. The average molecular weight is 239 g/mol. The number of nitrogens with zero attached hydrogens (tertiary/aromatic N) is 5. The lowest BCUT2D eigenvalue weighted by atomic mass is 10.3. The number of halogens is 1. The van der Waals surface area contributed by atoms with Gasteiger partial charge in [-0.05, 0) is 18.5 Å². The Bertz CT molecular complexity index is 443. The molecule has 0 aliphatic rings. The quantitative estimate of drug-likeness (QED) is 0.868. The zero-order valence-electron chi connectivity index (χ0n) is 8.71. The molecule has 16 heavy (non-hydrogen) atoms. The molecule has 1 N–H and O–H groups in total. The van der Waals surface area contributed by atoms with Crippen molar-refractivity contribution in [3.05, 3.63) is 30.2 Å². The molecule has 2 aromatic rings. The number of nitrogens with one attached hydrogen (secondary N) is 1. The molecule has 84 valence electrons. The maximum atomic E-state index is 5.63. The van der Waals surface area contributed by atoms with Crippen molar-refractivity contribution in [2.75, 3.05) is 5.32 Å². The van der Waals surface area contributed by atoms with Gasteiger partial charge in [0.05, 0.1) is 12.5 Å². The van der Waals surface area contributed by atoms with Gasteiger partial charge in [-0.15, -0.1) is 5.10 Å². The fourth-order valence-corrected chi connectivity index (χ4v) is 1.50. The number of rotatable bonds is 4. The molecule has 0 spiro atoms. The van der Waals surface area contributed by atoms with E-state index in [0.717, 1.165) is 6.54 Å². The lowest BCUT2D eigenvalue weighted by Gasteiger charge is -2.14. The monoisotopic (exact) mass is 238 g/mol. The first-order chi connectivity index (χ1) is 7.74. The lowest BCUT2D eigenvalue weighted by Crippen LogP contribution is -2.22. The van der Waals surface area contributed by atoms with Crippen LogP contribution in [0, 0.1) is 0 Å². The summed E-state index contributed by atoms with van der Waals surface area (Å²) in [5, 5.41) is 10.6. The first kappa shape index (κ1) is 10.8. The molecule has 2 heterocycles. The van der Waals surface area contributed by atoms with Crippen molar-refractivity contribution in [2.45, 2.75) is 19.5 Å². The van der Waals surface area contributed by atoms with Crippen molar-refractivity contribution in [1.82, 2.24) is 24.7 Å². The maximum Gasteiger partial charge on any atom is 0.244 e. The molecule has 1 unspecified atom stereocenters. The van der Waals surface area contributed by atoms with Crippen LogP contribution in [0.25, 0.3) is 0 Å². The van der Waals surface area contributed by atoms with Crippen LogP contribution in [0.3, 0.4) is 0 Å². The molecule has 0 bridgehead atoms. The first-order valence-electron chi connectivity index (χ1n) is 4.81. The predicted octanol–water partition coefficient (Wildman–Crippen LogP) is 1.22. The van der Waals surface area contributed by atoms with Gasteiger partial charge in [-0.1, -0.05) is 0 Å². The Labute approximate surface area is 97.7 Å². The second kappa shape index (κ2) is 4.89. The predicted molar refractivity (Wildman–Crippen MR) is 60.1 cm³/mol. The van der Waals surface area contributed by atoms with Gasteiger partial charge in [0.15, 0.2) is 0 Å². The molecule has 2 aromatic heterocycles. The van der Waals surface area contributed by atoms with Crippen LogP contribution in [0.2, 0.25) is 5.28 Å². The van der Waals surface area contributed by atoms with Gasteiger partial charge in [-0.25, -0.2) is 4.98 Å². The van der Waals surface area contributed by atoms with E-state index in [0.29, 0.717) is 5.82 Å². The van der Waals surface area contributed by atoms with E-state index in [2.05, 4.69) is 25.5 Å². The zero-order valence-corrected chi connectivity index (χ0v) is 9.46. The van der Waals surface area contributed by atoms with Crippen LogP contribution in [0.15, 0.2) is 24.9 Å². The van der Waals surface area contributed by atoms with Gasteiger partial charge in [-0.2, -0.15) is 10.1 Å². The molecule has 0 aliphatic heterocycles. The van der Waals surface area contributed by atoms with E-state index in [4.69, 9.17) is 11.6 Å². The molecule has 0 fully saturated rings. The van der Waals surface area contributed by atoms with Gasteiger partial charge in [0.25, 0.3) is 0 Å². The fourth-order valence-electron chi connectivity index (χ4n) is 1.36. The summed E-state index contributed by atoms with van der Waals surface area (Å²) in [4.78, 5) is 7.97. The topological polar surface area (TPSA) is 68.5 Å². The van der Waals surface area contributed by atoms with Gasteiger partial charge in [0, 0.05) is 25.0 Å². The fraction of sp³-hybridized carbons (Fsp3) is 0.333. The van der Waals surface area contributed by atoms with Crippen LogP contribution < -0.4 is 5.32 Å². The minimum absolute atomic E-state index is 0.139. The summed E-state index contributed by atoms with van der Waals surface area (Å²) in [6, 6.07) is 0.196. The van der Waals surface area contributed by atoms with E-state index in [1.807, 2.05) is 17.7 Å². The average Bonchev–Trinajstić information content (AvgIpc) is 2.70. The third-order valence-corrected chi connectivity index (χ3v) is 2.13. The van der Waals surface area contributed by atoms with Crippen molar-refractivity contribution in [3.63, 3.8) is 0 Å². The normalized spacial score (nSPS) is 12.4. The number of anilines is 1. The standard InChI is InChI=1S/C9H11ClN6/c1-7(5-16-3-2-11-6-16)13-8-4-12-15-9(10)14-8/h2-4,6-7H,5H2,1H3,(H,13,14,15). The van der Waals surface area contributed by atoms with Gasteiger partial charge in [0.2, 0.25) is 5.28 Å². The van der Waals surface area contributed by atoms with Gasteiger partial charge < -0.3 is 9.88 Å². The number of hydrogen-bond donors (Lipinski definition) is 1. The second-order valence-corrected chi connectivity index (χ2v) is 3.75. The van der Waals surface area contributed by atoms with Crippen molar-refractivity contribution in [2.24, 2.45) is 0 Å². The Kier molecular flexibility index (Phi) is 3.31. The largest absolute Gasteiger partial charge is 0.364 e. The lowest BCUT2D eigenvalue weighted by molar-refractivity contribution is 0.616. The van der Waals surface area contributed by atoms with Crippen LogP contribution in [0.4, 0.5) is 5.82 Å². The summed E-state index contributed by atoms with van der Waals surface area (Å²) in [5.41, 5.74) is 0. The van der Waals surface area contributed by atoms with Gasteiger partial charge >= 0.3 is 0 Å². The highest BCUT2D eigenvalue weighted by atomic mass is 35.5. The minimum atomic E-state index is 0.139. The molecule has 0 aromatic carbocycles. The van der Waals surface area contributed by atoms with Crippen LogP contribution in [-0.4, -0.2) is 30.8 Å². The van der Waals surface area contributed by atoms with Gasteiger partial charge in [-0.3, -0.25) is 0 Å². The molecule has 7 heteroatoms. The molecule has 2 rings (SSSR count).